The van der Waals surface area contributed by atoms with E-state index in [4.69, 9.17) is 18.5 Å². The van der Waals surface area contributed by atoms with Crippen molar-refractivity contribution in [2.45, 2.75) is 251 Å². The Bertz CT molecular complexity index is 1340. The Labute approximate surface area is 419 Å². The fourth-order valence-corrected chi connectivity index (χ4v) is 8.43. The summed E-state index contributed by atoms with van der Waals surface area (Å²) in [6.07, 6.45) is 62.9. The first-order valence-corrected chi connectivity index (χ1v) is 29.5. The molecule has 396 valence electrons. The van der Waals surface area contributed by atoms with Crippen LogP contribution in [0.1, 0.15) is 245 Å². The zero-order valence-corrected chi connectivity index (χ0v) is 45.7. The summed E-state index contributed by atoms with van der Waals surface area (Å²) in [7, 11) is 1.15. The molecule has 2 atom stereocenters. The van der Waals surface area contributed by atoms with Crippen LogP contribution >= 0.6 is 7.82 Å². The minimum Gasteiger partial charge on any atom is -0.756 e. The van der Waals surface area contributed by atoms with Crippen LogP contribution in [-0.4, -0.2) is 70.0 Å². The summed E-state index contributed by atoms with van der Waals surface area (Å²) in [4.78, 5) is 37.7. The molecule has 0 bridgehead atoms. The number of esters is 2. The monoisotopic (exact) mass is 976 g/mol. The number of carbonyl (C=O) groups excluding carboxylic acids is 2. The molecule has 0 aliphatic carbocycles. The van der Waals surface area contributed by atoms with Crippen molar-refractivity contribution in [3.05, 3.63) is 60.8 Å². The first-order chi connectivity index (χ1) is 33.0. The molecule has 0 saturated carbocycles. The van der Waals surface area contributed by atoms with Crippen molar-refractivity contribution < 1.29 is 42.1 Å². The second-order valence-electron chi connectivity index (χ2n) is 19.9. The summed E-state index contributed by atoms with van der Waals surface area (Å²) in [6.45, 7) is 4.09. The number of likely N-dealkylation sites (N-methyl/N-ethyl adjacent to an activating group) is 1. The number of hydrogen-bond donors (Lipinski definition) is 0. The van der Waals surface area contributed by atoms with Crippen LogP contribution in [0.5, 0.6) is 0 Å². The number of hydrogen-bond acceptors (Lipinski definition) is 8. The molecule has 0 radical (unpaired) electrons. The molecule has 10 heteroatoms. The van der Waals surface area contributed by atoms with E-state index in [1.165, 1.54) is 148 Å². The van der Waals surface area contributed by atoms with Crippen LogP contribution in [0.2, 0.25) is 0 Å². The van der Waals surface area contributed by atoms with E-state index >= 15 is 0 Å². The first kappa shape index (κ1) is 65.7. The van der Waals surface area contributed by atoms with E-state index in [0.717, 1.165) is 64.2 Å². The minimum absolute atomic E-state index is 0.0376. The zero-order chi connectivity index (χ0) is 49.9. The van der Waals surface area contributed by atoms with Gasteiger partial charge in [-0.2, -0.15) is 0 Å². The quantitative estimate of drug-likeness (QED) is 0.0195. The van der Waals surface area contributed by atoms with E-state index in [1.54, 1.807) is 0 Å². The maximum absolute atomic E-state index is 12.7. The predicted octanol–water partition coefficient (Wildman–Crippen LogP) is 16.5. The third-order valence-corrected chi connectivity index (χ3v) is 13.0. The van der Waals surface area contributed by atoms with Gasteiger partial charge in [-0.1, -0.05) is 216 Å². The molecule has 0 aromatic heterocycles. The number of quaternary nitrogens is 1. The number of carbonyl (C=O) groups is 2. The fourth-order valence-electron chi connectivity index (χ4n) is 7.70. The van der Waals surface area contributed by atoms with Crippen molar-refractivity contribution in [1.82, 2.24) is 0 Å². The minimum atomic E-state index is -4.64. The molecule has 0 rings (SSSR count). The highest BCUT2D eigenvalue weighted by Crippen LogP contribution is 2.38. The summed E-state index contributed by atoms with van der Waals surface area (Å²) >= 11 is 0. The maximum Gasteiger partial charge on any atom is 0.306 e. The van der Waals surface area contributed by atoms with E-state index in [9.17, 15) is 19.0 Å². The average molecular weight is 976 g/mol. The highest BCUT2D eigenvalue weighted by atomic mass is 31.2. The number of nitrogens with zero attached hydrogens (tertiary/aromatic N) is 1. The topological polar surface area (TPSA) is 111 Å². The fraction of sp³-hybridized carbons (Fsp3) is 0.793. The number of phosphoric acid groups is 1. The van der Waals surface area contributed by atoms with E-state index in [0.29, 0.717) is 17.4 Å². The molecule has 2 unspecified atom stereocenters. The third kappa shape index (κ3) is 53.1. The SMILES string of the molecule is CC/C=C\C/C=C\C/C=C\CCCCCC(=O)OC(COC(=O)CCCCCCCCCCCCCCCCCCCCC/C=C\C/C=C\CCCCCCC)COP(=O)([O-])OCC[N+](C)(C)C. The molecular formula is C58H106NO8P. The van der Waals surface area contributed by atoms with Crippen molar-refractivity contribution in [2.75, 3.05) is 47.5 Å². The molecule has 0 saturated heterocycles. The van der Waals surface area contributed by atoms with Crippen LogP contribution in [0.15, 0.2) is 60.8 Å². The van der Waals surface area contributed by atoms with Crippen molar-refractivity contribution in [3.8, 4) is 0 Å². The second-order valence-corrected chi connectivity index (χ2v) is 21.3. The molecule has 68 heavy (non-hydrogen) atoms. The molecule has 0 spiro atoms. The van der Waals surface area contributed by atoms with Crippen LogP contribution in [0.25, 0.3) is 0 Å². The highest BCUT2D eigenvalue weighted by molar-refractivity contribution is 7.45. The number of unbranched alkanes of at least 4 members (excludes halogenated alkanes) is 27. The Balaban J connectivity index is 4.03. The summed E-state index contributed by atoms with van der Waals surface area (Å²) in [5.41, 5.74) is 0. The van der Waals surface area contributed by atoms with E-state index in [-0.39, 0.29) is 32.0 Å². The molecule has 0 amide bonds. The molecule has 0 N–H and O–H groups in total. The third-order valence-electron chi connectivity index (χ3n) is 12.0. The molecule has 0 aromatic rings. The summed E-state index contributed by atoms with van der Waals surface area (Å²) in [6, 6.07) is 0. The lowest BCUT2D eigenvalue weighted by Crippen LogP contribution is -2.37. The van der Waals surface area contributed by atoms with Gasteiger partial charge >= 0.3 is 11.9 Å². The standard InChI is InChI=1S/C58H106NO8P/c1-6-8-10-12-14-16-18-20-21-22-23-24-25-26-27-28-29-30-31-32-33-34-35-36-37-39-40-42-44-46-48-50-57(60)64-54-56(55-66-68(62,63)65-53-52-59(3,4)5)67-58(61)51-49-47-45-43-41-38-19-17-15-13-11-9-7-2/h9,11,15,17-18,20,22-23,38,41,56H,6-8,10,12-14,16,19,21,24-37,39-40,42-55H2,1-5H3/b11-9-,17-15-,20-18-,23-22-,41-38-. The van der Waals surface area contributed by atoms with Gasteiger partial charge in [0.25, 0.3) is 7.82 Å². The number of ether oxygens (including phenoxy) is 2. The highest BCUT2D eigenvalue weighted by Gasteiger charge is 2.21. The van der Waals surface area contributed by atoms with Crippen LogP contribution in [0.4, 0.5) is 0 Å². The number of allylic oxidation sites excluding steroid dienone is 10. The summed E-state index contributed by atoms with van der Waals surface area (Å²) in [5.74, 6) is -0.864. The van der Waals surface area contributed by atoms with Crippen molar-refractivity contribution in [3.63, 3.8) is 0 Å². The van der Waals surface area contributed by atoms with Gasteiger partial charge in [0.1, 0.15) is 19.8 Å². The van der Waals surface area contributed by atoms with Gasteiger partial charge in [-0.15, -0.1) is 0 Å². The zero-order valence-electron chi connectivity index (χ0n) is 44.8. The van der Waals surface area contributed by atoms with E-state index < -0.39 is 26.5 Å². The van der Waals surface area contributed by atoms with Gasteiger partial charge in [0.05, 0.1) is 27.7 Å². The van der Waals surface area contributed by atoms with Gasteiger partial charge < -0.3 is 27.9 Å². The smallest absolute Gasteiger partial charge is 0.306 e. The molecule has 9 nitrogen and oxygen atoms in total. The molecule has 0 aliphatic rings. The molecule has 0 aliphatic heterocycles. The van der Waals surface area contributed by atoms with Gasteiger partial charge in [0, 0.05) is 12.8 Å². The van der Waals surface area contributed by atoms with Gasteiger partial charge in [0.2, 0.25) is 0 Å². The summed E-state index contributed by atoms with van der Waals surface area (Å²) < 4.78 is 34.0. The largest absolute Gasteiger partial charge is 0.756 e. The Morgan fingerprint density at radius 1 is 0.471 bits per heavy atom. The van der Waals surface area contributed by atoms with Crippen LogP contribution in [0.3, 0.4) is 0 Å². The Hall–Kier alpha value is -2.29. The lowest BCUT2D eigenvalue weighted by molar-refractivity contribution is -0.870. The molecular weight excluding hydrogens is 870 g/mol. The van der Waals surface area contributed by atoms with Crippen molar-refractivity contribution >= 4 is 19.8 Å². The predicted molar refractivity (Wildman–Crippen MR) is 287 cm³/mol. The van der Waals surface area contributed by atoms with Gasteiger partial charge in [-0.25, -0.2) is 0 Å². The Kier molecular flexibility index (Phi) is 48.0. The van der Waals surface area contributed by atoms with Crippen LogP contribution < -0.4 is 4.89 Å². The van der Waals surface area contributed by atoms with Gasteiger partial charge in [-0.05, 0) is 77.0 Å². The lowest BCUT2D eigenvalue weighted by atomic mass is 10.0. The molecule has 0 heterocycles. The van der Waals surface area contributed by atoms with Crippen molar-refractivity contribution in [1.29, 1.82) is 0 Å². The van der Waals surface area contributed by atoms with Gasteiger partial charge in [-0.3, -0.25) is 14.2 Å². The molecule has 0 aromatic carbocycles. The average Bonchev–Trinajstić information content (AvgIpc) is 3.30. The Morgan fingerprint density at radius 3 is 1.26 bits per heavy atom. The maximum atomic E-state index is 12.7. The Morgan fingerprint density at radius 2 is 0.838 bits per heavy atom. The van der Waals surface area contributed by atoms with Crippen molar-refractivity contribution in [2.24, 2.45) is 0 Å². The summed E-state index contributed by atoms with van der Waals surface area (Å²) in [5, 5.41) is 0. The van der Waals surface area contributed by atoms with Crippen LogP contribution in [0, 0.1) is 0 Å². The number of rotatable bonds is 51. The second kappa shape index (κ2) is 49.7. The number of phosphoric ester groups is 1. The first-order valence-electron chi connectivity index (χ1n) is 28.0. The normalized spacial score (nSPS) is 13.8. The van der Waals surface area contributed by atoms with E-state index in [1.807, 2.05) is 21.1 Å². The molecule has 0 fully saturated rings. The lowest BCUT2D eigenvalue weighted by Gasteiger charge is -2.28. The van der Waals surface area contributed by atoms with E-state index in [2.05, 4.69) is 74.6 Å². The van der Waals surface area contributed by atoms with Gasteiger partial charge in [0.15, 0.2) is 6.10 Å². The van der Waals surface area contributed by atoms with Crippen LogP contribution in [-0.2, 0) is 32.7 Å².